The molecular weight excluding hydrogens is 302 g/mol. The first-order valence-electron chi connectivity index (χ1n) is 8.14. The number of carbonyl (C=O) groups excluding carboxylic acids is 1. The number of aryl methyl sites for hydroxylation is 3. The molecule has 0 spiro atoms. The molecule has 0 saturated carbocycles. The molecule has 24 heavy (non-hydrogen) atoms. The van der Waals surface area contributed by atoms with Crippen LogP contribution in [0.3, 0.4) is 0 Å². The molecule has 0 bridgehead atoms. The van der Waals surface area contributed by atoms with Crippen LogP contribution in [0.25, 0.3) is 0 Å². The van der Waals surface area contributed by atoms with E-state index in [9.17, 15) is 4.79 Å². The first-order chi connectivity index (χ1) is 11.5. The van der Waals surface area contributed by atoms with Gasteiger partial charge in [-0.15, -0.1) is 0 Å². The minimum absolute atomic E-state index is 0.326. The summed E-state index contributed by atoms with van der Waals surface area (Å²) >= 11 is 0. The van der Waals surface area contributed by atoms with Crippen LogP contribution in [0, 0.1) is 20.8 Å². The summed E-state index contributed by atoms with van der Waals surface area (Å²) in [5.74, 6) is 0.566. The lowest BCUT2D eigenvalue weighted by atomic mass is 10.1. The second-order valence-corrected chi connectivity index (χ2v) is 5.92. The summed E-state index contributed by atoms with van der Waals surface area (Å²) in [7, 11) is 1.39. The Morgan fingerprint density at radius 3 is 2.54 bits per heavy atom. The molecule has 0 aromatic heterocycles. The molecule has 0 radical (unpaired) electrons. The Labute approximate surface area is 143 Å². The van der Waals surface area contributed by atoms with Crippen molar-refractivity contribution in [1.82, 2.24) is 0 Å². The van der Waals surface area contributed by atoms with Crippen molar-refractivity contribution in [2.75, 3.05) is 25.6 Å². The van der Waals surface area contributed by atoms with Crippen LogP contribution in [-0.2, 0) is 4.74 Å². The first-order valence-corrected chi connectivity index (χ1v) is 8.14. The second-order valence-electron chi connectivity index (χ2n) is 5.92. The normalized spacial score (nSPS) is 10.3. The van der Waals surface area contributed by atoms with Crippen molar-refractivity contribution in [3.8, 4) is 5.75 Å². The Balaban J connectivity index is 1.84. The predicted octanol–water partition coefficient (Wildman–Crippen LogP) is 4.28. The molecule has 0 fully saturated rings. The van der Waals surface area contributed by atoms with E-state index < -0.39 is 0 Å². The van der Waals surface area contributed by atoms with E-state index in [0.29, 0.717) is 12.2 Å². The summed E-state index contributed by atoms with van der Waals surface area (Å²) in [6.45, 7) is 7.46. The third-order valence-electron chi connectivity index (χ3n) is 3.96. The molecule has 0 heterocycles. The minimum atomic E-state index is -0.326. The van der Waals surface area contributed by atoms with Gasteiger partial charge in [-0.3, -0.25) is 0 Å². The molecule has 0 amide bonds. The number of anilines is 1. The van der Waals surface area contributed by atoms with Crippen LogP contribution in [0.5, 0.6) is 5.75 Å². The molecule has 0 aliphatic rings. The smallest absolute Gasteiger partial charge is 0.339 e. The number of carbonyl (C=O) groups is 1. The molecule has 0 aliphatic heterocycles. The number of nitrogens with one attached hydrogen (secondary N) is 1. The van der Waals surface area contributed by atoms with Gasteiger partial charge in [-0.05, 0) is 62.6 Å². The zero-order valence-electron chi connectivity index (χ0n) is 14.8. The van der Waals surface area contributed by atoms with Gasteiger partial charge in [0, 0.05) is 12.2 Å². The van der Waals surface area contributed by atoms with Crippen molar-refractivity contribution in [3.05, 3.63) is 58.7 Å². The fraction of sp³-hybridized carbons (Fsp3) is 0.350. The molecule has 4 heteroatoms. The van der Waals surface area contributed by atoms with Crippen molar-refractivity contribution in [1.29, 1.82) is 0 Å². The van der Waals surface area contributed by atoms with Gasteiger partial charge < -0.3 is 14.8 Å². The SMILES string of the molecule is COC(=O)c1cc(C)ccc1NCCCOc1ccc(C)c(C)c1. The zero-order chi connectivity index (χ0) is 17.5. The Hall–Kier alpha value is -2.49. The van der Waals surface area contributed by atoms with E-state index in [0.717, 1.165) is 30.0 Å². The van der Waals surface area contributed by atoms with Gasteiger partial charge in [0.05, 0.1) is 19.3 Å². The number of rotatable bonds is 7. The van der Waals surface area contributed by atoms with E-state index in [2.05, 4.69) is 31.3 Å². The van der Waals surface area contributed by atoms with Crippen molar-refractivity contribution in [2.24, 2.45) is 0 Å². The number of esters is 1. The lowest BCUT2D eigenvalue weighted by Gasteiger charge is -2.12. The lowest BCUT2D eigenvalue weighted by Crippen LogP contribution is -2.11. The molecule has 1 N–H and O–H groups in total. The Kier molecular flexibility index (Phi) is 6.24. The van der Waals surface area contributed by atoms with Gasteiger partial charge in [0.25, 0.3) is 0 Å². The predicted molar refractivity (Wildman–Crippen MR) is 97.0 cm³/mol. The molecule has 2 rings (SSSR count). The van der Waals surface area contributed by atoms with Crippen LogP contribution < -0.4 is 10.1 Å². The number of hydrogen-bond acceptors (Lipinski definition) is 4. The standard InChI is InChI=1S/C20H25NO3/c1-14-6-9-19(18(12-14)20(22)23-4)21-10-5-11-24-17-8-7-15(2)16(3)13-17/h6-9,12-13,21H,5,10-11H2,1-4H3. The van der Waals surface area contributed by atoms with Gasteiger partial charge in [0.15, 0.2) is 0 Å². The Bertz CT molecular complexity index is 710. The highest BCUT2D eigenvalue weighted by Gasteiger charge is 2.11. The van der Waals surface area contributed by atoms with Crippen LogP contribution in [0.1, 0.15) is 33.5 Å². The van der Waals surface area contributed by atoms with Gasteiger partial charge in [-0.2, -0.15) is 0 Å². The van der Waals surface area contributed by atoms with Crippen LogP contribution in [0.15, 0.2) is 36.4 Å². The van der Waals surface area contributed by atoms with E-state index >= 15 is 0 Å². The highest BCUT2D eigenvalue weighted by molar-refractivity contribution is 5.95. The van der Waals surface area contributed by atoms with Crippen molar-refractivity contribution < 1.29 is 14.3 Å². The third kappa shape index (κ3) is 4.75. The summed E-state index contributed by atoms with van der Waals surface area (Å²) in [5.41, 5.74) is 4.87. The topological polar surface area (TPSA) is 47.6 Å². The molecule has 4 nitrogen and oxygen atoms in total. The van der Waals surface area contributed by atoms with Crippen molar-refractivity contribution in [2.45, 2.75) is 27.2 Å². The summed E-state index contributed by atoms with van der Waals surface area (Å²) in [6, 6.07) is 11.8. The Morgan fingerprint density at radius 1 is 1.04 bits per heavy atom. The summed E-state index contributed by atoms with van der Waals surface area (Å²) in [4.78, 5) is 11.8. The third-order valence-corrected chi connectivity index (χ3v) is 3.96. The highest BCUT2D eigenvalue weighted by Crippen LogP contribution is 2.19. The van der Waals surface area contributed by atoms with Gasteiger partial charge >= 0.3 is 5.97 Å². The fourth-order valence-corrected chi connectivity index (χ4v) is 2.38. The van der Waals surface area contributed by atoms with Gasteiger partial charge in [-0.25, -0.2) is 4.79 Å². The maximum absolute atomic E-state index is 11.8. The molecule has 0 unspecified atom stereocenters. The Morgan fingerprint density at radius 2 is 1.83 bits per heavy atom. The number of methoxy groups -OCH3 is 1. The van der Waals surface area contributed by atoms with E-state index in [-0.39, 0.29) is 5.97 Å². The molecule has 128 valence electrons. The van der Waals surface area contributed by atoms with E-state index in [1.165, 1.54) is 18.2 Å². The average Bonchev–Trinajstić information content (AvgIpc) is 2.58. The highest BCUT2D eigenvalue weighted by atomic mass is 16.5. The molecule has 2 aromatic rings. The first kappa shape index (κ1) is 17.9. The summed E-state index contributed by atoms with van der Waals surface area (Å²) in [6.07, 6.45) is 0.835. The molecule has 0 saturated heterocycles. The van der Waals surface area contributed by atoms with Gasteiger partial charge in [-0.1, -0.05) is 17.7 Å². The number of hydrogen-bond donors (Lipinski definition) is 1. The monoisotopic (exact) mass is 327 g/mol. The number of ether oxygens (including phenoxy) is 2. The summed E-state index contributed by atoms with van der Waals surface area (Å²) < 4.78 is 10.6. The van der Waals surface area contributed by atoms with Crippen LogP contribution >= 0.6 is 0 Å². The maximum Gasteiger partial charge on any atom is 0.339 e. The average molecular weight is 327 g/mol. The maximum atomic E-state index is 11.8. The quantitative estimate of drug-likeness (QED) is 0.609. The van der Waals surface area contributed by atoms with E-state index in [1.807, 2.05) is 31.2 Å². The van der Waals surface area contributed by atoms with Crippen LogP contribution in [0.4, 0.5) is 5.69 Å². The van der Waals surface area contributed by atoms with Crippen molar-refractivity contribution in [3.63, 3.8) is 0 Å². The van der Waals surface area contributed by atoms with E-state index in [4.69, 9.17) is 9.47 Å². The van der Waals surface area contributed by atoms with Crippen LogP contribution in [-0.4, -0.2) is 26.2 Å². The zero-order valence-corrected chi connectivity index (χ0v) is 14.8. The summed E-state index contributed by atoms with van der Waals surface area (Å²) in [5, 5.41) is 3.28. The lowest BCUT2D eigenvalue weighted by molar-refractivity contribution is 0.0601. The fourth-order valence-electron chi connectivity index (χ4n) is 2.38. The van der Waals surface area contributed by atoms with Crippen LogP contribution in [0.2, 0.25) is 0 Å². The minimum Gasteiger partial charge on any atom is -0.494 e. The van der Waals surface area contributed by atoms with Gasteiger partial charge in [0.2, 0.25) is 0 Å². The van der Waals surface area contributed by atoms with Gasteiger partial charge in [0.1, 0.15) is 5.75 Å². The molecular formula is C20H25NO3. The largest absolute Gasteiger partial charge is 0.494 e. The molecule has 0 atom stereocenters. The van der Waals surface area contributed by atoms with Crippen molar-refractivity contribution >= 4 is 11.7 Å². The molecule has 0 aliphatic carbocycles. The number of benzene rings is 2. The second kappa shape index (κ2) is 8.39. The van der Waals surface area contributed by atoms with E-state index in [1.54, 1.807) is 0 Å². The molecule has 2 aromatic carbocycles.